The molecule has 4 aromatic rings. The molecule has 0 spiro atoms. The number of oxazole rings is 1. The van der Waals surface area contributed by atoms with Gasteiger partial charge in [0.15, 0.2) is 17.1 Å². The highest BCUT2D eigenvalue weighted by Crippen LogP contribution is 2.56. The number of nitrogens with zero attached hydrogens (tertiary/aromatic N) is 2. The molecule has 0 saturated carbocycles. The maximum Gasteiger partial charge on any atom is 0.238 e. The lowest BCUT2D eigenvalue weighted by atomic mass is 9.59. The molecule has 1 saturated heterocycles. The van der Waals surface area contributed by atoms with E-state index >= 15 is 0 Å². The van der Waals surface area contributed by atoms with E-state index in [0.717, 1.165) is 11.1 Å². The van der Waals surface area contributed by atoms with E-state index in [-0.39, 0.29) is 43.0 Å². The lowest BCUT2D eigenvalue weighted by molar-refractivity contribution is -0.123. The van der Waals surface area contributed by atoms with Gasteiger partial charge in [0.25, 0.3) is 0 Å². The molecule has 3 aliphatic carbocycles. The van der Waals surface area contributed by atoms with Crippen LogP contribution in [0, 0.1) is 17.8 Å². The summed E-state index contributed by atoms with van der Waals surface area (Å²) in [7, 11) is 0. The van der Waals surface area contributed by atoms with Crippen LogP contribution in [0.4, 0.5) is 5.69 Å². The molecule has 9 nitrogen and oxygen atoms in total. The third-order valence-corrected chi connectivity index (χ3v) is 9.81. The zero-order valence-corrected chi connectivity index (χ0v) is 25.5. The molecule has 2 amide bonds. The number of carbonyl (C=O) groups is 4. The summed E-state index contributed by atoms with van der Waals surface area (Å²) < 4.78 is 11.8. The minimum atomic E-state index is -0.698. The molecular formula is C38H30N2O7. The lowest BCUT2D eigenvalue weighted by Crippen LogP contribution is -2.40. The Hall–Kier alpha value is -5.41. The largest absolute Gasteiger partial charge is 0.491 e. The minimum absolute atomic E-state index is 0.0573. The number of benzene rings is 3. The second-order valence-corrected chi connectivity index (χ2v) is 12.4. The summed E-state index contributed by atoms with van der Waals surface area (Å²) in [6, 6.07) is 21.8. The van der Waals surface area contributed by atoms with E-state index < -0.39 is 23.7 Å². The van der Waals surface area contributed by atoms with E-state index in [9.17, 15) is 24.3 Å². The van der Waals surface area contributed by atoms with Gasteiger partial charge < -0.3 is 14.3 Å². The number of hydrogen-bond acceptors (Lipinski definition) is 8. The first-order valence-corrected chi connectivity index (χ1v) is 15.7. The number of imide groups is 1. The standard InChI is InChI=1S/C38H30N2O7/c1-20-18-29(42)27-19-26-23(32(34(27)35(20)43)24-6-2-4-8-30(24)46-17-16-41)14-15-25-33(26)38(45)40(37(25)44)22-12-10-21(11-13-22)36-39-28-7-3-5-9-31(28)47-36/h2-14,18,25-26,32-33,41H,15-17,19H2,1H3. The van der Waals surface area contributed by atoms with Gasteiger partial charge in [-0.2, -0.15) is 0 Å². The van der Waals surface area contributed by atoms with Gasteiger partial charge >= 0.3 is 0 Å². The highest BCUT2D eigenvalue weighted by atomic mass is 16.5. The number of aromatic nitrogens is 1. The number of hydrogen-bond donors (Lipinski definition) is 1. The molecule has 2 heterocycles. The molecule has 1 N–H and O–H groups in total. The predicted molar refractivity (Wildman–Crippen MR) is 172 cm³/mol. The zero-order valence-electron chi connectivity index (χ0n) is 25.5. The Bertz CT molecular complexity index is 2070. The van der Waals surface area contributed by atoms with Crippen molar-refractivity contribution >= 4 is 40.2 Å². The number of aliphatic hydroxyl groups is 1. The number of para-hydroxylation sites is 3. The van der Waals surface area contributed by atoms with Gasteiger partial charge in [0.1, 0.15) is 17.9 Å². The fraction of sp³-hybridized carbons (Fsp3) is 0.237. The summed E-state index contributed by atoms with van der Waals surface area (Å²) >= 11 is 0. The van der Waals surface area contributed by atoms with Gasteiger partial charge in [-0.15, -0.1) is 0 Å². The van der Waals surface area contributed by atoms with E-state index in [0.29, 0.717) is 57.2 Å². The molecule has 1 fully saturated rings. The first kappa shape index (κ1) is 29.0. The normalized spacial score (nSPS) is 23.8. The topological polar surface area (TPSA) is 127 Å². The van der Waals surface area contributed by atoms with Crippen molar-refractivity contribution < 1.29 is 33.4 Å². The molecule has 1 aromatic heterocycles. The number of amides is 2. The van der Waals surface area contributed by atoms with Crippen molar-refractivity contribution in [1.29, 1.82) is 0 Å². The molecule has 47 heavy (non-hydrogen) atoms. The summed E-state index contributed by atoms with van der Waals surface area (Å²) in [5.74, 6) is -2.52. The van der Waals surface area contributed by atoms with E-state index in [4.69, 9.17) is 9.15 Å². The molecule has 8 rings (SSSR count). The predicted octanol–water partition coefficient (Wildman–Crippen LogP) is 5.50. The van der Waals surface area contributed by atoms with Crippen LogP contribution in [0.1, 0.15) is 31.2 Å². The van der Waals surface area contributed by atoms with Gasteiger partial charge in [-0.05, 0) is 74.2 Å². The number of allylic oxidation sites excluding steroid dienone is 6. The molecule has 1 aliphatic heterocycles. The molecule has 0 radical (unpaired) electrons. The highest BCUT2D eigenvalue weighted by molar-refractivity contribution is 6.25. The molecular weight excluding hydrogens is 596 g/mol. The quantitative estimate of drug-likeness (QED) is 0.169. The number of rotatable bonds is 6. The average Bonchev–Trinajstić information content (AvgIpc) is 3.64. The van der Waals surface area contributed by atoms with Crippen LogP contribution in [0.5, 0.6) is 5.75 Å². The molecule has 4 unspecified atom stereocenters. The van der Waals surface area contributed by atoms with Gasteiger partial charge in [0.05, 0.1) is 24.1 Å². The number of ketones is 2. The van der Waals surface area contributed by atoms with Crippen LogP contribution in [0.25, 0.3) is 22.6 Å². The Morgan fingerprint density at radius 2 is 1.70 bits per heavy atom. The Morgan fingerprint density at radius 1 is 0.936 bits per heavy atom. The molecule has 3 aromatic carbocycles. The van der Waals surface area contributed by atoms with Gasteiger partial charge in [-0.25, -0.2) is 4.98 Å². The number of Topliss-reactive ketones (excluding diaryl/α,β-unsaturated/α-hetero) is 1. The fourth-order valence-corrected chi connectivity index (χ4v) is 7.73. The van der Waals surface area contributed by atoms with Crippen LogP contribution < -0.4 is 9.64 Å². The van der Waals surface area contributed by atoms with Crippen molar-refractivity contribution in [3.8, 4) is 17.2 Å². The number of anilines is 1. The Balaban J connectivity index is 1.16. The second kappa shape index (κ2) is 11.1. The minimum Gasteiger partial charge on any atom is -0.491 e. The van der Waals surface area contributed by atoms with Crippen molar-refractivity contribution in [2.24, 2.45) is 17.8 Å². The first-order valence-electron chi connectivity index (χ1n) is 15.7. The Labute approximate surface area is 269 Å². The van der Waals surface area contributed by atoms with Crippen molar-refractivity contribution in [1.82, 2.24) is 4.98 Å². The van der Waals surface area contributed by atoms with E-state index in [1.54, 1.807) is 37.3 Å². The van der Waals surface area contributed by atoms with Crippen molar-refractivity contribution in [2.75, 3.05) is 18.1 Å². The second-order valence-electron chi connectivity index (χ2n) is 12.4. The van der Waals surface area contributed by atoms with Gasteiger partial charge in [-0.3, -0.25) is 24.1 Å². The Morgan fingerprint density at radius 3 is 2.49 bits per heavy atom. The molecule has 4 atom stereocenters. The number of fused-ring (bicyclic) bond motifs is 4. The van der Waals surface area contributed by atoms with Crippen LogP contribution in [-0.2, 0) is 19.2 Å². The van der Waals surface area contributed by atoms with E-state index in [1.165, 1.54) is 11.0 Å². The monoisotopic (exact) mass is 626 g/mol. The summed E-state index contributed by atoms with van der Waals surface area (Å²) in [6.45, 7) is 1.50. The molecule has 9 heteroatoms. The maximum atomic E-state index is 14.3. The molecule has 0 bridgehead atoms. The molecule has 234 valence electrons. The average molecular weight is 627 g/mol. The third kappa shape index (κ3) is 4.52. The first-order chi connectivity index (χ1) is 22.9. The van der Waals surface area contributed by atoms with E-state index in [1.807, 2.05) is 48.5 Å². The number of aliphatic hydroxyl groups excluding tert-OH is 1. The lowest BCUT2D eigenvalue weighted by Gasteiger charge is -2.42. The summed E-state index contributed by atoms with van der Waals surface area (Å²) in [6.07, 6.45) is 3.87. The van der Waals surface area contributed by atoms with Crippen molar-refractivity contribution in [2.45, 2.75) is 25.7 Å². The molecule has 4 aliphatic rings. The fourth-order valence-electron chi connectivity index (χ4n) is 7.73. The maximum absolute atomic E-state index is 14.3. The number of ether oxygens (including phenoxy) is 1. The van der Waals surface area contributed by atoms with Crippen LogP contribution in [0.3, 0.4) is 0 Å². The van der Waals surface area contributed by atoms with Gasteiger partial charge in [0.2, 0.25) is 17.7 Å². The van der Waals surface area contributed by atoms with Crippen LogP contribution in [0.2, 0.25) is 0 Å². The van der Waals surface area contributed by atoms with Gasteiger partial charge in [-0.1, -0.05) is 42.0 Å². The number of carbonyl (C=O) groups excluding carboxylic acids is 4. The highest BCUT2D eigenvalue weighted by Gasteiger charge is 2.56. The Kier molecular flexibility index (Phi) is 6.88. The summed E-state index contributed by atoms with van der Waals surface area (Å²) in [5, 5.41) is 9.46. The van der Waals surface area contributed by atoms with Crippen LogP contribution in [-0.4, -0.2) is 46.7 Å². The van der Waals surface area contributed by atoms with Gasteiger partial charge in [0, 0.05) is 33.8 Å². The van der Waals surface area contributed by atoms with Crippen LogP contribution in [0.15, 0.2) is 112 Å². The van der Waals surface area contributed by atoms with Crippen molar-refractivity contribution in [3.05, 3.63) is 113 Å². The zero-order chi connectivity index (χ0) is 32.4. The summed E-state index contributed by atoms with van der Waals surface area (Å²) in [5.41, 5.74) is 5.24. The van der Waals surface area contributed by atoms with Crippen LogP contribution >= 0.6 is 0 Å². The van der Waals surface area contributed by atoms with Crippen molar-refractivity contribution in [3.63, 3.8) is 0 Å². The smallest absolute Gasteiger partial charge is 0.238 e. The summed E-state index contributed by atoms with van der Waals surface area (Å²) in [4.78, 5) is 61.2. The SMILES string of the molecule is CC1=CC(=O)C2=C(C1=O)C(c1ccccc1OCCO)C1=CCC3C(=O)N(c4ccc(-c5nc6ccccc6o5)cc4)C(=O)C3C1C2. The third-order valence-electron chi connectivity index (χ3n) is 9.81. The van der Waals surface area contributed by atoms with E-state index in [2.05, 4.69) is 4.98 Å².